The van der Waals surface area contributed by atoms with Crippen molar-refractivity contribution in [3.63, 3.8) is 0 Å². The molecule has 32 heavy (non-hydrogen) atoms. The molecule has 3 aromatic rings. The van der Waals surface area contributed by atoms with Crippen molar-refractivity contribution in [2.45, 2.75) is 19.0 Å². The highest BCUT2D eigenvalue weighted by Gasteiger charge is 2.33. The molecule has 0 fully saturated rings. The fourth-order valence-electron chi connectivity index (χ4n) is 3.50. The van der Waals surface area contributed by atoms with Gasteiger partial charge in [0.15, 0.2) is 0 Å². The number of ether oxygens (including phenoxy) is 2. The SMILES string of the molecule is COC(=O)C1=NC(c2ccc(Cl)cc2)C(c2cc(=O)oc3cc(OC(C)=O)ccc23)NN1. The molecule has 0 aliphatic carbocycles. The second-order valence-corrected chi connectivity index (χ2v) is 7.42. The lowest BCUT2D eigenvalue weighted by Crippen LogP contribution is -2.49. The maximum atomic E-state index is 12.3. The summed E-state index contributed by atoms with van der Waals surface area (Å²) in [5, 5.41) is 1.16. The maximum Gasteiger partial charge on any atom is 0.374 e. The number of carbonyl (C=O) groups excluding carboxylic acids is 2. The van der Waals surface area contributed by atoms with Crippen LogP contribution < -0.4 is 21.2 Å². The molecule has 1 aromatic heterocycles. The Kier molecular flexibility index (Phi) is 5.93. The molecule has 0 radical (unpaired) electrons. The van der Waals surface area contributed by atoms with Gasteiger partial charge >= 0.3 is 17.6 Å². The van der Waals surface area contributed by atoms with Gasteiger partial charge in [0.2, 0.25) is 5.84 Å². The highest BCUT2D eigenvalue weighted by atomic mass is 35.5. The Morgan fingerprint density at radius 2 is 1.88 bits per heavy atom. The third kappa shape index (κ3) is 4.34. The van der Waals surface area contributed by atoms with Crippen molar-refractivity contribution >= 4 is 40.3 Å². The first-order chi connectivity index (χ1) is 15.4. The smallest absolute Gasteiger partial charge is 0.374 e. The minimum absolute atomic E-state index is 0.00637. The highest BCUT2D eigenvalue weighted by molar-refractivity contribution is 6.35. The predicted molar refractivity (Wildman–Crippen MR) is 116 cm³/mol. The van der Waals surface area contributed by atoms with Gasteiger partial charge in [-0.25, -0.2) is 15.0 Å². The average Bonchev–Trinajstić information content (AvgIpc) is 2.77. The molecule has 2 N–H and O–H groups in total. The topological polar surface area (TPSA) is 119 Å². The van der Waals surface area contributed by atoms with Crippen LogP contribution in [0.2, 0.25) is 5.02 Å². The molecule has 0 saturated heterocycles. The van der Waals surface area contributed by atoms with Crippen molar-refractivity contribution in [1.29, 1.82) is 0 Å². The molecule has 2 heterocycles. The lowest BCUT2D eigenvalue weighted by Gasteiger charge is -2.31. The Morgan fingerprint density at radius 3 is 2.56 bits per heavy atom. The van der Waals surface area contributed by atoms with Gasteiger partial charge in [-0.3, -0.25) is 15.2 Å². The van der Waals surface area contributed by atoms with Gasteiger partial charge in [-0.05, 0) is 35.4 Å². The molecular formula is C22H18ClN3O6. The molecule has 1 aliphatic heterocycles. The van der Waals surface area contributed by atoms with Gasteiger partial charge in [0.25, 0.3) is 0 Å². The monoisotopic (exact) mass is 455 g/mol. The number of aliphatic imine (C=N–C) groups is 1. The molecule has 2 atom stereocenters. The Morgan fingerprint density at radius 1 is 1.12 bits per heavy atom. The van der Waals surface area contributed by atoms with Crippen molar-refractivity contribution in [1.82, 2.24) is 10.9 Å². The van der Waals surface area contributed by atoms with Crippen LogP contribution in [0.25, 0.3) is 11.0 Å². The number of nitrogens with zero attached hydrogens (tertiary/aromatic N) is 1. The molecule has 10 heteroatoms. The van der Waals surface area contributed by atoms with Crippen LogP contribution in [0.15, 0.2) is 62.7 Å². The summed E-state index contributed by atoms with van der Waals surface area (Å²) in [6.45, 7) is 1.28. The normalized spacial score (nSPS) is 17.9. The third-order valence-electron chi connectivity index (χ3n) is 4.86. The van der Waals surface area contributed by atoms with Gasteiger partial charge in [-0.15, -0.1) is 0 Å². The molecule has 0 bridgehead atoms. The van der Waals surface area contributed by atoms with E-state index in [1.165, 1.54) is 26.2 Å². The molecule has 2 aromatic carbocycles. The quantitative estimate of drug-likeness (QED) is 0.350. The number of esters is 2. The van der Waals surface area contributed by atoms with Crippen LogP contribution in [-0.4, -0.2) is 24.9 Å². The average molecular weight is 456 g/mol. The summed E-state index contributed by atoms with van der Waals surface area (Å²) in [5.74, 6) is -0.889. The molecule has 164 valence electrons. The van der Waals surface area contributed by atoms with Crippen LogP contribution in [0, 0.1) is 0 Å². The Labute approximate surface area is 187 Å². The summed E-state index contributed by atoms with van der Waals surface area (Å²) in [5.41, 5.74) is 6.78. The number of halogens is 1. The largest absolute Gasteiger partial charge is 0.463 e. The third-order valence-corrected chi connectivity index (χ3v) is 5.12. The zero-order valence-electron chi connectivity index (χ0n) is 17.0. The van der Waals surface area contributed by atoms with E-state index in [2.05, 4.69) is 15.8 Å². The number of hydrazine groups is 1. The first kappa shape index (κ1) is 21.5. The number of amidine groups is 1. The zero-order valence-corrected chi connectivity index (χ0v) is 17.8. The number of benzene rings is 2. The number of hydrogen-bond acceptors (Lipinski definition) is 9. The van der Waals surface area contributed by atoms with Crippen LogP contribution in [0.1, 0.15) is 30.1 Å². The van der Waals surface area contributed by atoms with Crippen LogP contribution in [0.3, 0.4) is 0 Å². The van der Waals surface area contributed by atoms with Gasteiger partial charge < -0.3 is 13.9 Å². The van der Waals surface area contributed by atoms with Gasteiger partial charge in [0.05, 0.1) is 19.2 Å². The minimum Gasteiger partial charge on any atom is -0.463 e. The number of rotatable bonds is 4. The summed E-state index contributed by atoms with van der Waals surface area (Å²) in [6, 6.07) is 12.0. The number of carbonyl (C=O) groups is 2. The Balaban J connectivity index is 1.85. The molecule has 0 spiro atoms. The van der Waals surface area contributed by atoms with Crippen molar-refractivity contribution in [3.8, 4) is 5.75 Å². The molecule has 0 amide bonds. The first-order valence-corrected chi connectivity index (χ1v) is 9.93. The van der Waals surface area contributed by atoms with E-state index in [1.807, 2.05) is 0 Å². The lowest BCUT2D eigenvalue weighted by atomic mass is 9.92. The molecular weight excluding hydrogens is 438 g/mol. The fraction of sp³-hybridized carbons (Fsp3) is 0.182. The first-order valence-electron chi connectivity index (χ1n) is 9.55. The van der Waals surface area contributed by atoms with Crippen LogP contribution in [-0.2, 0) is 14.3 Å². The zero-order chi connectivity index (χ0) is 22.8. The van der Waals surface area contributed by atoms with E-state index in [4.69, 9.17) is 25.5 Å². The van der Waals surface area contributed by atoms with Gasteiger partial charge in [0, 0.05) is 29.5 Å². The second kappa shape index (κ2) is 8.81. The van der Waals surface area contributed by atoms with Gasteiger partial charge in [-0.2, -0.15) is 0 Å². The molecule has 4 rings (SSSR count). The minimum atomic E-state index is -0.640. The van der Waals surface area contributed by atoms with Crippen LogP contribution >= 0.6 is 11.6 Å². The summed E-state index contributed by atoms with van der Waals surface area (Å²) in [4.78, 5) is 40.2. The van der Waals surface area contributed by atoms with Crippen molar-refractivity contribution in [2.24, 2.45) is 4.99 Å². The van der Waals surface area contributed by atoms with Crippen molar-refractivity contribution in [3.05, 3.63) is 75.1 Å². The summed E-state index contributed by atoms with van der Waals surface area (Å²) in [7, 11) is 1.26. The maximum absolute atomic E-state index is 12.3. The number of fused-ring (bicyclic) bond motifs is 1. The van der Waals surface area contributed by atoms with E-state index in [-0.39, 0.29) is 17.2 Å². The number of hydrogen-bond donors (Lipinski definition) is 2. The van der Waals surface area contributed by atoms with Crippen molar-refractivity contribution < 1.29 is 23.5 Å². The van der Waals surface area contributed by atoms with E-state index in [0.717, 1.165) is 5.56 Å². The van der Waals surface area contributed by atoms with Crippen LogP contribution in [0.5, 0.6) is 5.75 Å². The summed E-state index contributed by atoms with van der Waals surface area (Å²) in [6.07, 6.45) is 0. The van der Waals surface area contributed by atoms with Gasteiger partial charge in [-0.1, -0.05) is 23.7 Å². The predicted octanol–water partition coefficient (Wildman–Crippen LogP) is 2.83. The van der Waals surface area contributed by atoms with Crippen LogP contribution in [0.4, 0.5) is 0 Å². The van der Waals surface area contributed by atoms with Gasteiger partial charge in [0.1, 0.15) is 11.3 Å². The number of methoxy groups -OCH3 is 1. The van der Waals surface area contributed by atoms with E-state index < -0.39 is 29.6 Å². The van der Waals surface area contributed by atoms with Crippen molar-refractivity contribution in [2.75, 3.05) is 7.11 Å². The van der Waals surface area contributed by atoms with E-state index in [0.29, 0.717) is 16.0 Å². The summed E-state index contributed by atoms with van der Waals surface area (Å²) >= 11 is 6.03. The van der Waals surface area contributed by atoms with E-state index in [1.54, 1.807) is 36.4 Å². The molecule has 2 unspecified atom stereocenters. The fourth-order valence-corrected chi connectivity index (χ4v) is 3.63. The van der Waals surface area contributed by atoms with E-state index >= 15 is 0 Å². The Hall–Kier alpha value is -3.69. The highest BCUT2D eigenvalue weighted by Crippen LogP contribution is 2.37. The number of nitrogens with one attached hydrogen (secondary N) is 2. The van der Waals surface area contributed by atoms with E-state index in [9.17, 15) is 14.4 Å². The summed E-state index contributed by atoms with van der Waals surface area (Å²) < 4.78 is 15.2. The molecule has 0 saturated carbocycles. The molecule has 1 aliphatic rings. The lowest BCUT2D eigenvalue weighted by molar-refractivity contribution is -0.133. The Bertz CT molecular complexity index is 1290. The standard InChI is InChI=1S/C22H18ClN3O6/c1-11(27)31-14-7-8-15-16(10-18(28)32-17(15)9-14)20-19(12-3-5-13(23)6-4-12)24-21(26-25-20)22(29)30-2/h3-10,19-20,25H,1-2H3,(H,24,26). The second-order valence-electron chi connectivity index (χ2n) is 6.99. The molecule has 9 nitrogen and oxygen atoms in total.